The summed E-state index contributed by atoms with van der Waals surface area (Å²) in [5, 5.41) is 7.23. The Morgan fingerprint density at radius 2 is 2.10 bits per heavy atom. The molecule has 5 nitrogen and oxygen atoms in total. The number of benzene rings is 1. The summed E-state index contributed by atoms with van der Waals surface area (Å²) in [4.78, 5) is 4.32. The van der Waals surface area contributed by atoms with Crippen molar-refractivity contribution >= 4 is 35.6 Å². The zero-order valence-electron chi connectivity index (χ0n) is 12.6. The molecule has 0 bridgehead atoms. The lowest BCUT2D eigenvalue weighted by molar-refractivity contribution is 0.766. The summed E-state index contributed by atoms with van der Waals surface area (Å²) in [5.74, 6) is 0.442. The van der Waals surface area contributed by atoms with Crippen LogP contribution in [0.4, 0.5) is 5.69 Å². The number of hydrogen-bond donors (Lipinski definition) is 2. The van der Waals surface area contributed by atoms with Gasteiger partial charge in [-0.15, -0.1) is 24.0 Å². The Morgan fingerprint density at radius 1 is 1.33 bits per heavy atom. The molecule has 0 saturated carbocycles. The average molecular weight is 399 g/mol. The quantitative estimate of drug-likeness (QED) is 0.472. The fourth-order valence-corrected chi connectivity index (χ4v) is 1.91. The van der Waals surface area contributed by atoms with E-state index in [1.165, 1.54) is 11.1 Å². The minimum absolute atomic E-state index is 0. The molecule has 0 aliphatic carbocycles. The van der Waals surface area contributed by atoms with E-state index in [9.17, 15) is 0 Å². The molecule has 3 N–H and O–H groups in total. The van der Waals surface area contributed by atoms with Crippen molar-refractivity contribution in [1.82, 2.24) is 9.78 Å². The molecule has 114 valence electrons. The summed E-state index contributed by atoms with van der Waals surface area (Å²) < 4.78 is 1.79. The maximum Gasteiger partial charge on any atom is 0.193 e. The lowest BCUT2D eigenvalue weighted by Gasteiger charge is -2.07. The van der Waals surface area contributed by atoms with Crippen LogP contribution < -0.4 is 11.1 Å². The Morgan fingerprint density at radius 3 is 2.71 bits per heavy atom. The average Bonchev–Trinajstić information content (AvgIpc) is 2.80. The van der Waals surface area contributed by atoms with Gasteiger partial charge in [0.05, 0.1) is 6.20 Å². The van der Waals surface area contributed by atoms with Crippen molar-refractivity contribution in [2.45, 2.75) is 20.3 Å². The number of nitrogens with one attached hydrogen (secondary N) is 1. The maximum absolute atomic E-state index is 5.88. The zero-order valence-corrected chi connectivity index (χ0v) is 15.0. The normalized spacial score (nSPS) is 11.1. The van der Waals surface area contributed by atoms with Crippen LogP contribution in [0.15, 0.2) is 35.6 Å². The van der Waals surface area contributed by atoms with Gasteiger partial charge in [-0.25, -0.2) is 0 Å². The Labute approximate surface area is 142 Å². The van der Waals surface area contributed by atoms with Gasteiger partial charge >= 0.3 is 0 Å². The third-order valence-corrected chi connectivity index (χ3v) is 3.22. The van der Waals surface area contributed by atoms with E-state index in [0.29, 0.717) is 12.5 Å². The number of nitrogens with zero attached hydrogens (tertiary/aromatic N) is 3. The first kappa shape index (κ1) is 17.5. The summed E-state index contributed by atoms with van der Waals surface area (Å²) in [7, 11) is 1.91. The van der Waals surface area contributed by atoms with Gasteiger partial charge < -0.3 is 11.1 Å². The topological polar surface area (TPSA) is 68.2 Å². The van der Waals surface area contributed by atoms with Crippen molar-refractivity contribution in [3.8, 4) is 0 Å². The highest BCUT2D eigenvalue weighted by Gasteiger charge is 1.99. The molecule has 1 aromatic heterocycles. The van der Waals surface area contributed by atoms with E-state index < -0.39 is 0 Å². The lowest BCUT2D eigenvalue weighted by Crippen LogP contribution is -2.23. The standard InChI is InChI=1S/C15H21N5.HI/c1-11-4-5-14(8-12(11)2)19-15(16)17-7-6-13-9-18-20(3)10-13;/h4-5,8-10H,6-7H2,1-3H3,(H3,16,17,19);1H. The highest BCUT2D eigenvalue weighted by Crippen LogP contribution is 2.13. The van der Waals surface area contributed by atoms with Crippen LogP contribution >= 0.6 is 24.0 Å². The third kappa shape index (κ3) is 5.37. The largest absolute Gasteiger partial charge is 0.370 e. The maximum atomic E-state index is 5.88. The fourth-order valence-electron chi connectivity index (χ4n) is 1.91. The number of guanidine groups is 1. The predicted molar refractivity (Wildman–Crippen MR) is 98.4 cm³/mol. The van der Waals surface area contributed by atoms with Gasteiger partial charge in [-0.1, -0.05) is 6.07 Å². The van der Waals surface area contributed by atoms with Gasteiger partial charge in [0.2, 0.25) is 0 Å². The van der Waals surface area contributed by atoms with Gasteiger partial charge in [-0.2, -0.15) is 5.10 Å². The van der Waals surface area contributed by atoms with Crippen LogP contribution in [0.2, 0.25) is 0 Å². The number of nitrogens with two attached hydrogens (primary N) is 1. The number of aryl methyl sites for hydroxylation is 3. The third-order valence-electron chi connectivity index (χ3n) is 3.22. The van der Waals surface area contributed by atoms with Gasteiger partial charge in [0, 0.05) is 25.5 Å². The second-order valence-corrected chi connectivity index (χ2v) is 4.96. The molecule has 0 radical (unpaired) electrons. The summed E-state index contributed by atoms with van der Waals surface area (Å²) in [6.45, 7) is 4.82. The van der Waals surface area contributed by atoms with Crippen molar-refractivity contribution in [2.75, 3.05) is 11.9 Å². The molecule has 0 aliphatic heterocycles. The number of aliphatic imine (C=N–C) groups is 1. The molecule has 1 heterocycles. The molecule has 2 aromatic rings. The molecule has 21 heavy (non-hydrogen) atoms. The molecule has 6 heteroatoms. The van der Waals surface area contributed by atoms with Crippen LogP contribution in [0.1, 0.15) is 16.7 Å². The summed E-state index contributed by atoms with van der Waals surface area (Å²) >= 11 is 0. The Kier molecular flexibility index (Phi) is 6.67. The number of hydrogen-bond acceptors (Lipinski definition) is 2. The molecular weight excluding hydrogens is 377 g/mol. The van der Waals surface area contributed by atoms with E-state index in [4.69, 9.17) is 5.73 Å². The minimum atomic E-state index is 0. The molecule has 0 amide bonds. The van der Waals surface area contributed by atoms with Crippen molar-refractivity contribution < 1.29 is 0 Å². The van der Waals surface area contributed by atoms with Gasteiger partial charge in [0.15, 0.2) is 5.96 Å². The van der Waals surface area contributed by atoms with Crippen LogP contribution in [-0.4, -0.2) is 22.3 Å². The van der Waals surface area contributed by atoms with E-state index in [1.807, 2.05) is 25.5 Å². The predicted octanol–water partition coefficient (Wildman–Crippen LogP) is 2.62. The molecule has 0 fully saturated rings. The second-order valence-electron chi connectivity index (χ2n) is 4.96. The number of anilines is 1. The summed E-state index contributed by atoms with van der Waals surface area (Å²) in [6, 6.07) is 6.14. The van der Waals surface area contributed by atoms with Gasteiger partial charge in [0.25, 0.3) is 0 Å². The van der Waals surface area contributed by atoms with Crippen molar-refractivity contribution in [3.63, 3.8) is 0 Å². The van der Waals surface area contributed by atoms with Crippen molar-refractivity contribution in [1.29, 1.82) is 0 Å². The first-order chi connectivity index (χ1) is 9.54. The highest BCUT2D eigenvalue weighted by atomic mass is 127. The summed E-state index contributed by atoms with van der Waals surface area (Å²) in [5.41, 5.74) is 10.5. The number of rotatable bonds is 4. The molecule has 1 aromatic carbocycles. The van der Waals surface area contributed by atoms with Gasteiger partial charge in [-0.3, -0.25) is 9.67 Å². The van der Waals surface area contributed by atoms with E-state index in [2.05, 4.69) is 41.4 Å². The van der Waals surface area contributed by atoms with Gasteiger partial charge in [-0.05, 0) is 49.1 Å². The molecule has 0 aliphatic rings. The Bertz CT molecular complexity index is 618. The minimum Gasteiger partial charge on any atom is -0.370 e. The van der Waals surface area contributed by atoms with Crippen LogP contribution in [0.25, 0.3) is 0 Å². The lowest BCUT2D eigenvalue weighted by atomic mass is 10.1. The molecule has 0 saturated heterocycles. The molecular formula is C15H22IN5. The van der Waals surface area contributed by atoms with E-state index in [-0.39, 0.29) is 24.0 Å². The van der Waals surface area contributed by atoms with E-state index in [1.54, 1.807) is 4.68 Å². The first-order valence-corrected chi connectivity index (χ1v) is 6.66. The van der Waals surface area contributed by atoms with E-state index >= 15 is 0 Å². The molecule has 0 atom stereocenters. The number of aromatic nitrogens is 2. The first-order valence-electron chi connectivity index (χ1n) is 6.66. The monoisotopic (exact) mass is 399 g/mol. The zero-order chi connectivity index (χ0) is 14.5. The van der Waals surface area contributed by atoms with Crippen LogP contribution in [0.3, 0.4) is 0 Å². The van der Waals surface area contributed by atoms with E-state index in [0.717, 1.165) is 17.7 Å². The fraction of sp³-hybridized carbons (Fsp3) is 0.333. The SMILES string of the molecule is Cc1ccc(NC(N)=NCCc2cnn(C)c2)cc1C.I. The second kappa shape index (κ2) is 8.02. The highest BCUT2D eigenvalue weighted by molar-refractivity contribution is 14.0. The summed E-state index contributed by atoms with van der Waals surface area (Å²) in [6.07, 6.45) is 4.67. The molecule has 0 unspecified atom stereocenters. The Hall–Kier alpha value is -1.57. The smallest absolute Gasteiger partial charge is 0.193 e. The van der Waals surface area contributed by atoms with Crippen molar-refractivity contribution in [2.24, 2.45) is 17.8 Å². The van der Waals surface area contributed by atoms with Gasteiger partial charge in [0.1, 0.15) is 0 Å². The Balaban J connectivity index is 0.00000220. The van der Waals surface area contributed by atoms with Crippen LogP contribution in [0.5, 0.6) is 0 Å². The molecule has 0 spiro atoms. The molecule has 2 rings (SSSR count). The number of halogens is 1. The van der Waals surface area contributed by atoms with Crippen LogP contribution in [0, 0.1) is 13.8 Å². The van der Waals surface area contributed by atoms with Crippen molar-refractivity contribution in [3.05, 3.63) is 47.3 Å². The van der Waals surface area contributed by atoms with Crippen LogP contribution in [-0.2, 0) is 13.5 Å².